The van der Waals surface area contributed by atoms with E-state index in [2.05, 4.69) is 39.8 Å². The Labute approximate surface area is 162 Å². The van der Waals surface area contributed by atoms with E-state index in [9.17, 15) is 0 Å². The van der Waals surface area contributed by atoms with E-state index in [4.69, 9.17) is 13.9 Å². The predicted molar refractivity (Wildman–Crippen MR) is 101 cm³/mol. The molecule has 1 fully saturated rings. The van der Waals surface area contributed by atoms with Crippen LogP contribution in [-0.2, 0) is 17.7 Å². The fraction of sp³-hybridized carbons (Fsp3) is 0.450. The number of aromatic nitrogens is 4. The molecule has 0 radical (unpaired) electrons. The van der Waals surface area contributed by atoms with E-state index < -0.39 is 0 Å². The van der Waals surface area contributed by atoms with Gasteiger partial charge in [-0.1, -0.05) is 23.3 Å². The maximum atomic E-state index is 5.94. The minimum absolute atomic E-state index is 0.0443. The van der Waals surface area contributed by atoms with Gasteiger partial charge in [0.2, 0.25) is 0 Å². The molecular formula is C20H23N5O3. The molecule has 4 heterocycles. The molecule has 2 aromatic heterocycles. The molecule has 146 valence electrons. The third-order valence-corrected chi connectivity index (χ3v) is 5.40. The minimum Gasteiger partial charge on any atom is -0.480 e. The molecule has 3 aromatic rings. The molecule has 2 aliphatic heterocycles. The summed E-state index contributed by atoms with van der Waals surface area (Å²) in [6, 6.07) is 8.42. The van der Waals surface area contributed by atoms with Gasteiger partial charge in [0.1, 0.15) is 5.75 Å². The topological polar surface area (TPSA) is 87.2 Å². The number of rotatable bonds is 6. The number of benzene rings is 1. The lowest BCUT2D eigenvalue weighted by Crippen LogP contribution is -2.17. The van der Waals surface area contributed by atoms with Crippen molar-refractivity contribution in [1.29, 1.82) is 0 Å². The van der Waals surface area contributed by atoms with E-state index in [1.165, 1.54) is 5.56 Å². The molecular weight excluding hydrogens is 358 g/mol. The Balaban J connectivity index is 1.21. The molecule has 1 unspecified atom stereocenters. The van der Waals surface area contributed by atoms with E-state index in [1.807, 2.05) is 29.1 Å². The molecule has 0 bridgehead atoms. The first-order valence-electron chi connectivity index (χ1n) is 9.76. The first kappa shape index (κ1) is 17.2. The Morgan fingerprint density at radius 2 is 2.18 bits per heavy atom. The number of hydrogen-bond acceptors (Lipinski definition) is 7. The van der Waals surface area contributed by atoms with Crippen LogP contribution < -0.4 is 10.1 Å². The van der Waals surface area contributed by atoms with Crippen LogP contribution in [0, 0.1) is 5.92 Å². The van der Waals surface area contributed by atoms with Crippen molar-refractivity contribution < 1.29 is 13.9 Å². The van der Waals surface area contributed by atoms with Gasteiger partial charge in [-0.2, -0.15) is 5.10 Å². The monoisotopic (exact) mass is 381 g/mol. The van der Waals surface area contributed by atoms with Gasteiger partial charge in [0.15, 0.2) is 6.10 Å². The molecule has 1 saturated heterocycles. The van der Waals surface area contributed by atoms with Gasteiger partial charge in [0.05, 0.1) is 12.3 Å². The second kappa shape index (κ2) is 7.27. The van der Waals surface area contributed by atoms with Crippen molar-refractivity contribution >= 4 is 6.01 Å². The van der Waals surface area contributed by atoms with Gasteiger partial charge in [0, 0.05) is 43.8 Å². The molecule has 0 amide bonds. The number of hydrogen-bond donors (Lipinski definition) is 1. The van der Waals surface area contributed by atoms with Crippen LogP contribution in [0.15, 0.2) is 41.1 Å². The van der Waals surface area contributed by atoms with Crippen LogP contribution in [0.3, 0.4) is 0 Å². The third-order valence-electron chi connectivity index (χ3n) is 5.40. The van der Waals surface area contributed by atoms with Crippen LogP contribution >= 0.6 is 0 Å². The summed E-state index contributed by atoms with van der Waals surface area (Å²) < 4.78 is 19.6. The summed E-state index contributed by atoms with van der Waals surface area (Å²) in [6.45, 7) is 4.38. The molecule has 0 saturated carbocycles. The molecule has 5 rings (SSSR count). The van der Waals surface area contributed by atoms with E-state index in [1.54, 1.807) is 0 Å². The quantitative estimate of drug-likeness (QED) is 0.702. The normalized spacial score (nSPS) is 23.5. The number of anilines is 1. The predicted octanol–water partition coefficient (Wildman–Crippen LogP) is 3.15. The maximum Gasteiger partial charge on any atom is 0.315 e. The zero-order valence-corrected chi connectivity index (χ0v) is 15.7. The maximum absolute atomic E-state index is 5.94. The van der Waals surface area contributed by atoms with Crippen LogP contribution in [0.1, 0.15) is 42.6 Å². The number of para-hydroxylation sites is 1. The van der Waals surface area contributed by atoms with E-state index in [0.717, 1.165) is 37.3 Å². The van der Waals surface area contributed by atoms with E-state index in [0.29, 0.717) is 24.4 Å². The largest absolute Gasteiger partial charge is 0.480 e. The summed E-state index contributed by atoms with van der Waals surface area (Å²) in [5, 5.41) is 15.9. The van der Waals surface area contributed by atoms with Gasteiger partial charge >= 0.3 is 6.01 Å². The average Bonchev–Trinajstić information content (AvgIpc) is 3.51. The summed E-state index contributed by atoms with van der Waals surface area (Å²) in [5.41, 5.74) is 2.29. The highest BCUT2D eigenvalue weighted by molar-refractivity contribution is 5.38. The molecule has 28 heavy (non-hydrogen) atoms. The van der Waals surface area contributed by atoms with Gasteiger partial charge in [0.25, 0.3) is 5.89 Å². The zero-order chi connectivity index (χ0) is 18.9. The number of nitrogens with zero attached hydrogens (tertiary/aromatic N) is 4. The van der Waals surface area contributed by atoms with Gasteiger partial charge in [-0.15, -0.1) is 5.10 Å². The molecule has 1 N–H and O–H groups in total. The van der Waals surface area contributed by atoms with Gasteiger partial charge in [-0.3, -0.25) is 4.68 Å². The van der Waals surface area contributed by atoms with E-state index in [-0.39, 0.29) is 12.2 Å². The lowest BCUT2D eigenvalue weighted by Gasteiger charge is -2.17. The fourth-order valence-corrected chi connectivity index (χ4v) is 3.89. The Bertz CT molecular complexity index is 928. The average molecular weight is 381 g/mol. The van der Waals surface area contributed by atoms with Crippen LogP contribution in [0.2, 0.25) is 0 Å². The Morgan fingerprint density at radius 3 is 3.04 bits per heavy atom. The molecule has 0 spiro atoms. The second-order valence-corrected chi connectivity index (χ2v) is 7.21. The number of ether oxygens (including phenoxy) is 2. The van der Waals surface area contributed by atoms with Gasteiger partial charge in [-0.05, 0) is 25.0 Å². The summed E-state index contributed by atoms with van der Waals surface area (Å²) in [6.07, 6.45) is 5.51. The van der Waals surface area contributed by atoms with Gasteiger partial charge < -0.3 is 19.2 Å². The lowest BCUT2D eigenvalue weighted by molar-refractivity contribution is 0.0931. The van der Waals surface area contributed by atoms with E-state index >= 15 is 0 Å². The molecule has 8 heteroatoms. The van der Waals surface area contributed by atoms with Crippen molar-refractivity contribution in [2.45, 2.75) is 38.5 Å². The van der Waals surface area contributed by atoms with Crippen molar-refractivity contribution in [2.24, 2.45) is 5.92 Å². The van der Waals surface area contributed by atoms with Crippen molar-refractivity contribution in [1.82, 2.24) is 20.0 Å². The van der Waals surface area contributed by atoms with Crippen LogP contribution in [0.5, 0.6) is 5.75 Å². The van der Waals surface area contributed by atoms with Crippen molar-refractivity contribution in [3.05, 3.63) is 53.7 Å². The highest BCUT2D eigenvalue weighted by Gasteiger charge is 2.32. The first-order valence-corrected chi connectivity index (χ1v) is 9.76. The van der Waals surface area contributed by atoms with Crippen LogP contribution in [0.4, 0.5) is 6.01 Å². The number of fused-ring (bicyclic) bond motifs is 1. The van der Waals surface area contributed by atoms with Crippen LogP contribution in [0.25, 0.3) is 0 Å². The molecule has 8 nitrogen and oxygen atoms in total. The number of aryl methyl sites for hydroxylation is 1. The lowest BCUT2D eigenvalue weighted by atomic mass is 9.97. The highest BCUT2D eigenvalue weighted by atomic mass is 16.5. The number of nitrogens with one attached hydrogen (secondary N) is 1. The highest BCUT2D eigenvalue weighted by Crippen LogP contribution is 2.37. The first-order chi connectivity index (χ1) is 13.8. The Morgan fingerprint density at radius 1 is 1.25 bits per heavy atom. The van der Waals surface area contributed by atoms with Crippen LogP contribution in [-0.4, -0.2) is 33.1 Å². The minimum atomic E-state index is -0.220. The summed E-state index contributed by atoms with van der Waals surface area (Å²) >= 11 is 0. The molecule has 3 atom stereocenters. The summed E-state index contributed by atoms with van der Waals surface area (Å²) in [7, 11) is 0. The third kappa shape index (κ3) is 3.24. The fourth-order valence-electron chi connectivity index (χ4n) is 3.89. The smallest absolute Gasteiger partial charge is 0.315 e. The van der Waals surface area contributed by atoms with Crippen molar-refractivity contribution in [3.63, 3.8) is 0 Å². The molecule has 0 aliphatic carbocycles. The summed E-state index contributed by atoms with van der Waals surface area (Å²) in [5.74, 6) is 1.72. The Hall–Kier alpha value is -2.87. The van der Waals surface area contributed by atoms with Crippen molar-refractivity contribution in [3.8, 4) is 5.75 Å². The standard InChI is InChI=1S/C20H23N5O3/c1-2-25-12-15(11-22-25)18-14(7-8-26-18)10-21-20-24-23-19(28-20)17-9-13-5-3-4-6-16(13)27-17/h3-6,11-12,14,17-18H,2,7-10H2,1H3,(H,21,24)/t14-,17?,18+/m0/s1. The van der Waals surface area contributed by atoms with Crippen molar-refractivity contribution in [2.75, 3.05) is 18.5 Å². The van der Waals surface area contributed by atoms with Gasteiger partial charge in [-0.25, -0.2) is 0 Å². The Kier molecular flexibility index (Phi) is 4.48. The molecule has 1 aromatic carbocycles. The SMILES string of the molecule is CCn1cc([C@@H]2OCC[C@H]2CNc2nnc(C3Cc4ccccc4O3)o2)cn1. The molecule has 2 aliphatic rings. The second-order valence-electron chi connectivity index (χ2n) is 7.21. The summed E-state index contributed by atoms with van der Waals surface area (Å²) in [4.78, 5) is 0. The zero-order valence-electron chi connectivity index (χ0n) is 15.7.